The van der Waals surface area contributed by atoms with Crippen LogP contribution in [0, 0.1) is 0 Å². The highest BCUT2D eigenvalue weighted by Crippen LogP contribution is 2.29. The number of anilines is 1. The molecule has 3 nitrogen and oxygen atoms in total. The number of nitrogens with zero attached hydrogens (tertiary/aromatic N) is 2. The Labute approximate surface area is 102 Å². The van der Waals surface area contributed by atoms with Gasteiger partial charge in [0.1, 0.15) is 5.82 Å². The van der Waals surface area contributed by atoms with Gasteiger partial charge < -0.3 is 5.32 Å². The van der Waals surface area contributed by atoms with Gasteiger partial charge in [-0.3, -0.25) is 0 Å². The molecule has 0 unspecified atom stereocenters. The van der Waals surface area contributed by atoms with Crippen molar-refractivity contribution in [2.45, 2.75) is 12.7 Å². The van der Waals surface area contributed by atoms with Crippen LogP contribution in [0.25, 0.3) is 0 Å². The van der Waals surface area contributed by atoms with Gasteiger partial charge in [0.2, 0.25) is 0 Å². The summed E-state index contributed by atoms with van der Waals surface area (Å²) in [5.41, 5.74) is -0.0699. The third-order valence-electron chi connectivity index (χ3n) is 2.28. The Bertz CT molecular complexity index is 494. The topological polar surface area (TPSA) is 37.8 Å². The van der Waals surface area contributed by atoms with E-state index < -0.39 is 11.7 Å². The predicted molar refractivity (Wildman–Crippen MR) is 60.8 cm³/mol. The summed E-state index contributed by atoms with van der Waals surface area (Å²) in [6.45, 7) is 0.367. The summed E-state index contributed by atoms with van der Waals surface area (Å²) in [7, 11) is 0. The summed E-state index contributed by atoms with van der Waals surface area (Å²) in [5.74, 6) is 0.581. The highest BCUT2D eigenvalue weighted by atomic mass is 19.4. The zero-order chi connectivity index (χ0) is 13.0. The molecule has 0 aliphatic heterocycles. The fourth-order valence-electron chi connectivity index (χ4n) is 1.38. The third-order valence-corrected chi connectivity index (χ3v) is 2.28. The molecule has 0 atom stereocenters. The fraction of sp³-hybridized carbons (Fsp3) is 0.167. The number of halogens is 3. The van der Waals surface area contributed by atoms with E-state index in [1.54, 1.807) is 18.5 Å². The van der Waals surface area contributed by atoms with Gasteiger partial charge in [0, 0.05) is 18.1 Å². The van der Waals surface area contributed by atoms with Crippen LogP contribution in [0.4, 0.5) is 18.9 Å². The van der Waals surface area contributed by atoms with Gasteiger partial charge in [-0.1, -0.05) is 0 Å². The number of hydrogen-bond acceptors (Lipinski definition) is 3. The van der Waals surface area contributed by atoms with E-state index in [0.717, 1.165) is 12.1 Å². The molecule has 2 aromatic rings. The first kappa shape index (κ1) is 12.3. The lowest BCUT2D eigenvalue weighted by Crippen LogP contribution is -2.06. The standard InChI is InChI=1S/C12H10F3N3/c13-12(14,15)9-2-4-10(5-3-9)18-8-11-16-6-1-7-17-11/h1-7,18H,8H2. The van der Waals surface area contributed by atoms with Crippen LogP contribution in [0.2, 0.25) is 0 Å². The van der Waals surface area contributed by atoms with Gasteiger partial charge in [-0.2, -0.15) is 13.2 Å². The van der Waals surface area contributed by atoms with Crippen molar-refractivity contribution in [3.05, 3.63) is 54.1 Å². The molecule has 0 spiro atoms. The Balaban J connectivity index is 1.99. The summed E-state index contributed by atoms with van der Waals surface area (Å²) in [4.78, 5) is 7.99. The Kier molecular flexibility index (Phi) is 3.45. The molecule has 6 heteroatoms. The minimum Gasteiger partial charge on any atom is -0.378 e. The molecule has 0 fully saturated rings. The maximum Gasteiger partial charge on any atom is 0.416 e. The first-order chi connectivity index (χ1) is 8.55. The normalized spacial score (nSPS) is 11.3. The Morgan fingerprint density at radius 3 is 2.17 bits per heavy atom. The average Bonchev–Trinajstić information content (AvgIpc) is 2.37. The molecule has 0 aliphatic carbocycles. The van der Waals surface area contributed by atoms with E-state index in [-0.39, 0.29) is 0 Å². The second kappa shape index (κ2) is 5.03. The second-order valence-electron chi connectivity index (χ2n) is 3.59. The molecule has 0 amide bonds. The molecule has 1 aromatic heterocycles. The molecular weight excluding hydrogens is 243 g/mol. The summed E-state index contributed by atoms with van der Waals surface area (Å²) in [6, 6.07) is 6.53. The molecule has 1 aromatic carbocycles. The maximum absolute atomic E-state index is 12.3. The van der Waals surface area contributed by atoms with E-state index in [2.05, 4.69) is 15.3 Å². The van der Waals surface area contributed by atoms with Gasteiger partial charge in [-0.05, 0) is 30.3 Å². The van der Waals surface area contributed by atoms with Crippen LogP contribution >= 0.6 is 0 Å². The van der Waals surface area contributed by atoms with Crippen LogP contribution in [0.1, 0.15) is 11.4 Å². The average molecular weight is 253 g/mol. The molecular formula is C12H10F3N3. The van der Waals surface area contributed by atoms with E-state index >= 15 is 0 Å². The second-order valence-corrected chi connectivity index (χ2v) is 3.59. The van der Waals surface area contributed by atoms with Gasteiger partial charge in [0.15, 0.2) is 0 Å². The monoisotopic (exact) mass is 253 g/mol. The number of aromatic nitrogens is 2. The van der Waals surface area contributed by atoms with Crippen molar-refractivity contribution in [1.29, 1.82) is 0 Å². The highest BCUT2D eigenvalue weighted by Gasteiger charge is 2.29. The smallest absolute Gasteiger partial charge is 0.378 e. The minimum absolute atomic E-state index is 0.367. The lowest BCUT2D eigenvalue weighted by Gasteiger charge is -2.08. The first-order valence-corrected chi connectivity index (χ1v) is 5.23. The first-order valence-electron chi connectivity index (χ1n) is 5.23. The van der Waals surface area contributed by atoms with Crippen molar-refractivity contribution in [3.63, 3.8) is 0 Å². The molecule has 0 saturated heterocycles. The van der Waals surface area contributed by atoms with E-state index in [9.17, 15) is 13.2 Å². The van der Waals surface area contributed by atoms with Crippen molar-refractivity contribution in [3.8, 4) is 0 Å². The maximum atomic E-state index is 12.3. The van der Waals surface area contributed by atoms with Crippen LogP contribution in [0.15, 0.2) is 42.7 Å². The van der Waals surface area contributed by atoms with Crippen molar-refractivity contribution < 1.29 is 13.2 Å². The Hall–Kier alpha value is -2.11. The fourth-order valence-corrected chi connectivity index (χ4v) is 1.38. The lowest BCUT2D eigenvalue weighted by atomic mass is 10.2. The number of alkyl halides is 3. The zero-order valence-corrected chi connectivity index (χ0v) is 9.28. The summed E-state index contributed by atoms with van der Waals surface area (Å²) in [6.07, 6.45) is -1.09. The molecule has 2 rings (SSSR count). The van der Waals surface area contributed by atoms with E-state index in [1.165, 1.54) is 12.1 Å². The van der Waals surface area contributed by atoms with Gasteiger partial charge in [-0.25, -0.2) is 9.97 Å². The number of rotatable bonds is 3. The lowest BCUT2D eigenvalue weighted by molar-refractivity contribution is -0.137. The summed E-state index contributed by atoms with van der Waals surface area (Å²) in [5, 5.41) is 2.95. The molecule has 0 bridgehead atoms. The molecule has 0 radical (unpaired) electrons. The number of hydrogen-bond donors (Lipinski definition) is 1. The van der Waals surface area contributed by atoms with Gasteiger partial charge in [0.05, 0.1) is 12.1 Å². The third kappa shape index (κ3) is 3.19. The van der Waals surface area contributed by atoms with Gasteiger partial charge >= 0.3 is 6.18 Å². The number of nitrogens with one attached hydrogen (secondary N) is 1. The Morgan fingerprint density at radius 1 is 1.00 bits per heavy atom. The van der Waals surface area contributed by atoms with Crippen molar-refractivity contribution in [2.24, 2.45) is 0 Å². The summed E-state index contributed by atoms with van der Waals surface area (Å²) >= 11 is 0. The van der Waals surface area contributed by atoms with Gasteiger partial charge in [0.25, 0.3) is 0 Å². The number of benzene rings is 1. The molecule has 18 heavy (non-hydrogen) atoms. The molecule has 0 saturated carbocycles. The minimum atomic E-state index is -4.30. The molecule has 1 heterocycles. The van der Waals surface area contributed by atoms with E-state index in [0.29, 0.717) is 18.1 Å². The zero-order valence-electron chi connectivity index (χ0n) is 9.28. The summed E-state index contributed by atoms with van der Waals surface area (Å²) < 4.78 is 37.0. The van der Waals surface area contributed by atoms with Crippen LogP contribution in [0.3, 0.4) is 0 Å². The SMILES string of the molecule is FC(F)(F)c1ccc(NCc2ncccn2)cc1. The van der Waals surface area contributed by atoms with E-state index in [4.69, 9.17) is 0 Å². The van der Waals surface area contributed by atoms with Crippen molar-refractivity contribution in [2.75, 3.05) is 5.32 Å². The molecule has 94 valence electrons. The van der Waals surface area contributed by atoms with Crippen LogP contribution in [-0.2, 0) is 12.7 Å². The quantitative estimate of drug-likeness (QED) is 0.913. The van der Waals surface area contributed by atoms with Crippen molar-refractivity contribution >= 4 is 5.69 Å². The van der Waals surface area contributed by atoms with Crippen LogP contribution in [-0.4, -0.2) is 9.97 Å². The molecule has 1 N–H and O–H groups in total. The van der Waals surface area contributed by atoms with Crippen LogP contribution in [0.5, 0.6) is 0 Å². The van der Waals surface area contributed by atoms with E-state index in [1.807, 2.05) is 0 Å². The van der Waals surface area contributed by atoms with Crippen LogP contribution < -0.4 is 5.32 Å². The van der Waals surface area contributed by atoms with Crippen molar-refractivity contribution in [1.82, 2.24) is 9.97 Å². The predicted octanol–water partition coefficient (Wildman–Crippen LogP) is 3.11. The van der Waals surface area contributed by atoms with Gasteiger partial charge in [-0.15, -0.1) is 0 Å². The Morgan fingerprint density at radius 2 is 1.61 bits per heavy atom. The highest BCUT2D eigenvalue weighted by molar-refractivity contribution is 5.45. The molecule has 0 aliphatic rings. The largest absolute Gasteiger partial charge is 0.416 e.